The van der Waals surface area contributed by atoms with E-state index in [0.717, 1.165) is 16.9 Å². The summed E-state index contributed by atoms with van der Waals surface area (Å²) in [4.78, 5) is 8.68. The Hall–Kier alpha value is -0.840. The number of ether oxygens (including phenoxy) is 1. The molecular weight excluding hydrogens is 318 g/mol. The number of nitrogens with one attached hydrogen (secondary N) is 1. The molecule has 0 atom stereocenters. The van der Waals surface area contributed by atoms with E-state index in [4.69, 9.17) is 4.74 Å². The normalized spacial score (nSPS) is 17.4. The number of halogens is 1. The highest BCUT2D eigenvalue weighted by molar-refractivity contribution is 9.10. The Morgan fingerprint density at radius 2 is 2.10 bits per heavy atom. The maximum Gasteiger partial charge on any atom is 0.232 e. The minimum absolute atomic E-state index is 0.415. The molecule has 1 aromatic rings. The first kappa shape index (κ1) is 15.5. The summed E-state index contributed by atoms with van der Waals surface area (Å²) in [5, 5.41) is 3.41. The van der Waals surface area contributed by atoms with Crippen LogP contribution in [0.2, 0.25) is 0 Å². The van der Waals surface area contributed by atoms with Crippen molar-refractivity contribution < 1.29 is 4.74 Å². The Bertz CT molecular complexity index is 445. The van der Waals surface area contributed by atoms with Crippen LogP contribution in [0.15, 0.2) is 10.7 Å². The summed E-state index contributed by atoms with van der Waals surface area (Å²) in [6.07, 6.45) is 8.32. The smallest absolute Gasteiger partial charge is 0.232 e. The first-order valence-electron chi connectivity index (χ1n) is 7.35. The third-order valence-electron chi connectivity index (χ3n) is 4.03. The van der Waals surface area contributed by atoms with Gasteiger partial charge in [0.1, 0.15) is 0 Å². The number of nitrogens with zero attached hydrogens (tertiary/aromatic N) is 2. The van der Waals surface area contributed by atoms with Crippen molar-refractivity contribution in [3.05, 3.63) is 10.7 Å². The molecule has 1 aliphatic carbocycles. The number of anilines is 1. The fourth-order valence-electron chi connectivity index (χ4n) is 3.29. The largest absolute Gasteiger partial charge is 0.480 e. The van der Waals surface area contributed by atoms with Crippen molar-refractivity contribution in [1.29, 1.82) is 0 Å². The van der Waals surface area contributed by atoms with E-state index in [9.17, 15) is 0 Å². The van der Waals surface area contributed by atoms with Crippen molar-refractivity contribution in [3.8, 4) is 5.88 Å². The molecule has 0 spiro atoms. The zero-order valence-corrected chi connectivity index (χ0v) is 14.2. The molecule has 4 nitrogen and oxygen atoms in total. The maximum atomic E-state index is 5.21. The van der Waals surface area contributed by atoms with Gasteiger partial charge in [0.15, 0.2) is 0 Å². The van der Waals surface area contributed by atoms with Crippen LogP contribution in [0.1, 0.15) is 46.0 Å². The van der Waals surface area contributed by atoms with Crippen molar-refractivity contribution in [2.45, 2.75) is 46.0 Å². The van der Waals surface area contributed by atoms with E-state index < -0.39 is 0 Å². The van der Waals surface area contributed by atoms with Gasteiger partial charge in [-0.3, -0.25) is 0 Å². The Labute approximate surface area is 129 Å². The lowest BCUT2D eigenvalue weighted by atomic mass is 9.78. The molecule has 1 heterocycles. The van der Waals surface area contributed by atoms with E-state index in [1.807, 2.05) is 0 Å². The molecule has 0 bridgehead atoms. The van der Waals surface area contributed by atoms with Crippen LogP contribution in [0.4, 0.5) is 5.95 Å². The minimum atomic E-state index is 0.415. The second-order valence-electron chi connectivity index (χ2n) is 6.21. The second-order valence-corrected chi connectivity index (χ2v) is 7.06. The monoisotopic (exact) mass is 341 g/mol. The Balaban J connectivity index is 2.02. The van der Waals surface area contributed by atoms with Crippen LogP contribution in [0, 0.1) is 11.3 Å². The molecule has 20 heavy (non-hydrogen) atoms. The van der Waals surface area contributed by atoms with Crippen LogP contribution in [0.5, 0.6) is 5.88 Å². The molecular formula is C15H24BrN3O. The van der Waals surface area contributed by atoms with E-state index in [-0.39, 0.29) is 0 Å². The molecule has 0 amide bonds. The number of hydrogen-bond donors (Lipinski definition) is 1. The average Bonchev–Trinajstić information content (AvgIpc) is 2.86. The summed E-state index contributed by atoms with van der Waals surface area (Å²) in [6.45, 7) is 5.56. The zero-order valence-electron chi connectivity index (χ0n) is 12.6. The van der Waals surface area contributed by atoms with Gasteiger partial charge in [0.05, 0.1) is 17.8 Å². The minimum Gasteiger partial charge on any atom is -0.480 e. The first-order chi connectivity index (χ1) is 9.54. The van der Waals surface area contributed by atoms with Crippen LogP contribution >= 0.6 is 15.9 Å². The van der Waals surface area contributed by atoms with Crippen molar-refractivity contribution >= 4 is 21.9 Å². The van der Waals surface area contributed by atoms with Gasteiger partial charge in [-0.15, -0.1) is 0 Å². The molecule has 0 aliphatic heterocycles. The van der Waals surface area contributed by atoms with Gasteiger partial charge in [0, 0.05) is 6.54 Å². The molecule has 2 rings (SSSR count). The molecule has 0 unspecified atom stereocenters. The number of aromatic nitrogens is 2. The summed E-state index contributed by atoms with van der Waals surface area (Å²) < 4.78 is 5.99. The lowest BCUT2D eigenvalue weighted by molar-refractivity contribution is 0.252. The molecule has 1 N–H and O–H groups in total. The quantitative estimate of drug-likeness (QED) is 0.839. The van der Waals surface area contributed by atoms with Crippen LogP contribution in [0.3, 0.4) is 0 Å². The van der Waals surface area contributed by atoms with E-state index in [1.165, 1.54) is 32.1 Å². The zero-order chi connectivity index (χ0) is 14.6. The first-order valence-corrected chi connectivity index (χ1v) is 8.14. The van der Waals surface area contributed by atoms with E-state index in [1.54, 1.807) is 13.3 Å². The lowest BCUT2D eigenvalue weighted by Gasteiger charge is -2.31. The third kappa shape index (κ3) is 3.84. The topological polar surface area (TPSA) is 47.0 Å². The maximum absolute atomic E-state index is 5.21. The molecule has 112 valence electrons. The Kier molecular flexibility index (Phi) is 5.24. The second kappa shape index (κ2) is 6.74. The van der Waals surface area contributed by atoms with Crippen molar-refractivity contribution in [2.24, 2.45) is 11.3 Å². The van der Waals surface area contributed by atoms with Crippen molar-refractivity contribution in [2.75, 3.05) is 19.0 Å². The van der Waals surface area contributed by atoms with Gasteiger partial charge in [0.25, 0.3) is 0 Å². The molecule has 5 heteroatoms. The number of rotatable bonds is 6. The van der Waals surface area contributed by atoms with E-state index in [2.05, 4.69) is 45.1 Å². The summed E-state index contributed by atoms with van der Waals surface area (Å²) in [5.41, 5.74) is 0.415. The molecule has 1 aliphatic rings. The van der Waals surface area contributed by atoms with Gasteiger partial charge in [-0.2, -0.15) is 4.98 Å². The van der Waals surface area contributed by atoms with E-state index in [0.29, 0.717) is 17.2 Å². The highest BCUT2D eigenvalue weighted by Gasteiger charge is 2.34. The predicted molar refractivity (Wildman–Crippen MR) is 85.1 cm³/mol. The molecule has 1 aromatic heterocycles. The Morgan fingerprint density at radius 3 is 2.70 bits per heavy atom. The molecule has 0 radical (unpaired) electrons. The highest BCUT2D eigenvalue weighted by atomic mass is 79.9. The summed E-state index contributed by atoms with van der Waals surface area (Å²) in [6, 6.07) is 0. The summed E-state index contributed by atoms with van der Waals surface area (Å²) in [5.74, 6) is 1.96. The van der Waals surface area contributed by atoms with Gasteiger partial charge in [-0.25, -0.2) is 4.98 Å². The average molecular weight is 342 g/mol. The standard InChI is InChI=1S/C15H24BrN3O/c1-11(2)8-15(6-4-5-7-15)10-18-14-17-9-12(16)13(19-14)20-3/h9,11H,4-8,10H2,1-3H3,(H,17,18,19). The highest BCUT2D eigenvalue weighted by Crippen LogP contribution is 2.43. The van der Waals surface area contributed by atoms with Gasteiger partial charge < -0.3 is 10.1 Å². The van der Waals surface area contributed by atoms with Gasteiger partial charge in [0.2, 0.25) is 11.8 Å². The fourth-order valence-corrected chi connectivity index (χ4v) is 3.64. The molecule has 1 fully saturated rings. The molecule has 0 saturated heterocycles. The van der Waals surface area contributed by atoms with Crippen molar-refractivity contribution in [3.63, 3.8) is 0 Å². The van der Waals surface area contributed by atoms with Gasteiger partial charge in [-0.05, 0) is 46.5 Å². The van der Waals surface area contributed by atoms with Crippen LogP contribution in [-0.4, -0.2) is 23.6 Å². The van der Waals surface area contributed by atoms with Crippen molar-refractivity contribution in [1.82, 2.24) is 9.97 Å². The van der Waals surface area contributed by atoms with Gasteiger partial charge in [-0.1, -0.05) is 26.7 Å². The van der Waals surface area contributed by atoms with Crippen LogP contribution in [-0.2, 0) is 0 Å². The number of hydrogen-bond acceptors (Lipinski definition) is 4. The fraction of sp³-hybridized carbons (Fsp3) is 0.733. The predicted octanol–water partition coefficient (Wildman–Crippen LogP) is 4.27. The van der Waals surface area contributed by atoms with E-state index >= 15 is 0 Å². The third-order valence-corrected chi connectivity index (χ3v) is 4.58. The summed E-state index contributed by atoms with van der Waals surface area (Å²) >= 11 is 3.37. The number of methoxy groups -OCH3 is 1. The molecule has 0 aromatic carbocycles. The SMILES string of the molecule is COc1nc(NCC2(CC(C)C)CCCC2)ncc1Br. The van der Waals surface area contributed by atoms with Crippen LogP contribution < -0.4 is 10.1 Å². The lowest BCUT2D eigenvalue weighted by Crippen LogP contribution is -2.29. The van der Waals surface area contributed by atoms with Crippen LogP contribution in [0.25, 0.3) is 0 Å². The molecule has 1 saturated carbocycles. The van der Waals surface area contributed by atoms with Gasteiger partial charge >= 0.3 is 0 Å². The summed E-state index contributed by atoms with van der Waals surface area (Å²) in [7, 11) is 1.62. The Morgan fingerprint density at radius 1 is 1.40 bits per heavy atom.